The summed E-state index contributed by atoms with van der Waals surface area (Å²) in [4.78, 5) is 26.0. The summed E-state index contributed by atoms with van der Waals surface area (Å²) in [5.41, 5.74) is 0.837. The summed E-state index contributed by atoms with van der Waals surface area (Å²) in [6, 6.07) is 4.11. The Morgan fingerprint density at radius 1 is 1.19 bits per heavy atom. The van der Waals surface area contributed by atoms with Crippen molar-refractivity contribution >= 4 is 21.9 Å². The predicted octanol–water partition coefficient (Wildman–Crippen LogP) is 2.63. The summed E-state index contributed by atoms with van der Waals surface area (Å²) in [6.45, 7) is 8.62. The van der Waals surface area contributed by atoms with Crippen molar-refractivity contribution in [3.05, 3.63) is 29.3 Å². The van der Waals surface area contributed by atoms with E-state index in [0.29, 0.717) is 5.56 Å². The molecule has 1 aliphatic heterocycles. The van der Waals surface area contributed by atoms with Gasteiger partial charge in [0.1, 0.15) is 11.6 Å². The Labute approximate surface area is 160 Å². The van der Waals surface area contributed by atoms with Gasteiger partial charge in [0.05, 0.1) is 17.3 Å². The van der Waals surface area contributed by atoms with Crippen molar-refractivity contribution in [2.75, 3.05) is 13.7 Å². The number of ether oxygens (including phenoxy) is 2. The molecule has 1 saturated heterocycles. The topological polar surface area (TPSA) is 90.0 Å². The molecule has 1 heterocycles. The van der Waals surface area contributed by atoms with Gasteiger partial charge in [0.15, 0.2) is 9.84 Å². The van der Waals surface area contributed by atoms with Crippen LogP contribution in [-0.2, 0) is 24.1 Å². The molecular weight excluding hydrogens is 370 g/mol. The van der Waals surface area contributed by atoms with Gasteiger partial charge < -0.3 is 9.47 Å². The average molecular weight is 397 g/mol. The van der Waals surface area contributed by atoms with Crippen LogP contribution in [0.2, 0.25) is 0 Å². The molecule has 0 aromatic heterocycles. The number of esters is 1. The van der Waals surface area contributed by atoms with E-state index in [2.05, 4.69) is 0 Å². The number of rotatable bonds is 3. The minimum Gasteiger partial charge on any atom is -0.467 e. The SMILES string of the molecule is COC(=O)[C@@H]1C[C@@H](S(=O)(=O)c2ccc(C)cc2C)CN1C(=O)OC(C)(C)C. The Bertz CT molecular complexity index is 840. The molecule has 150 valence electrons. The van der Waals surface area contributed by atoms with Gasteiger partial charge in [-0.05, 0) is 52.7 Å². The zero-order valence-electron chi connectivity index (χ0n) is 16.6. The summed E-state index contributed by atoms with van der Waals surface area (Å²) >= 11 is 0. The second-order valence-corrected chi connectivity index (χ2v) is 10.0. The molecule has 1 aliphatic rings. The van der Waals surface area contributed by atoms with Crippen LogP contribution in [0.15, 0.2) is 23.1 Å². The number of hydrogen-bond donors (Lipinski definition) is 0. The highest BCUT2D eigenvalue weighted by molar-refractivity contribution is 7.92. The first-order chi connectivity index (χ1) is 12.4. The molecule has 1 aromatic rings. The first-order valence-electron chi connectivity index (χ1n) is 8.75. The van der Waals surface area contributed by atoms with Crippen LogP contribution in [0, 0.1) is 13.8 Å². The molecule has 7 nitrogen and oxygen atoms in total. The lowest BCUT2D eigenvalue weighted by Gasteiger charge is -2.27. The van der Waals surface area contributed by atoms with Gasteiger partial charge in [-0.3, -0.25) is 4.90 Å². The molecule has 0 aliphatic carbocycles. The lowest BCUT2D eigenvalue weighted by Crippen LogP contribution is -2.44. The molecule has 0 radical (unpaired) electrons. The highest BCUT2D eigenvalue weighted by Crippen LogP contribution is 2.31. The number of carbonyl (C=O) groups is 2. The van der Waals surface area contributed by atoms with Crippen LogP contribution in [0.1, 0.15) is 38.3 Å². The number of methoxy groups -OCH3 is 1. The van der Waals surface area contributed by atoms with E-state index in [0.717, 1.165) is 10.5 Å². The second-order valence-electron chi connectivity index (χ2n) is 7.84. The zero-order valence-corrected chi connectivity index (χ0v) is 17.4. The van der Waals surface area contributed by atoms with E-state index in [1.54, 1.807) is 45.9 Å². The van der Waals surface area contributed by atoms with E-state index in [9.17, 15) is 18.0 Å². The molecule has 0 bridgehead atoms. The van der Waals surface area contributed by atoms with Crippen molar-refractivity contribution in [1.82, 2.24) is 4.90 Å². The van der Waals surface area contributed by atoms with Crippen molar-refractivity contribution in [3.63, 3.8) is 0 Å². The fraction of sp³-hybridized carbons (Fsp3) is 0.579. The van der Waals surface area contributed by atoms with E-state index in [-0.39, 0.29) is 17.9 Å². The van der Waals surface area contributed by atoms with Crippen LogP contribution >= 0.6 is 0 Å². The molecule has 1 aromatic carbocycles. The largest absolute Gasteiger partial charge is 0.467 e. The summed E-state index contributed by atoms with van der Waals surface area (Å²) in [6.07, 6.45) is -0.752. The third kappa shape index (κ3) is 4.61. The summed E-state index contributed by atoms with van der Waals surface area (Å²) < 4.78 is 36.4. The lowest BCUT2D eigenvalue weighted by atomic mass is 10.2. The number of aryl methyl sites for hydroxylation is 2. The van der Waals surface area contributed by atoms with Gasteiger partial charge in [-0.1, -0.05) is 17.7 Å². The quantitative estimate of drug-likeness (QED) is 0.729. The number of benzene rings is 1. The van der Waals surface area contributed by atoms with Gasteiger partial charge in [0.2, 0.25) is 0 Å². The summed E-state index contributed by atoms with van der Waals surface area (Å²) in [5.74, 6) is -0.654. The maximum atomic E-state index is 13.1. The van der Waals surface area contributed by atoms with Crippen molar-refractivity contribution in [2.45, 2.75) is 62.8 Å². The lowest BCUT2D eigenvalue weighted by molar-refractivity contribution is -0.145. The van der Waals surface area contributed by atoms with Gasteiger partial charge in [0.25, 0.3) is 0 Å². The van der Waals surface area contributed by atoms with Crippen LogP contribution in [0.3, 0.4) is 0 Å². The van der Waals surface area contributed by atoms with Gasteiger partial charge >= 0.3 is 12.1 Å². The number of nitrogens with zero attached hydrogens (tertiary/aromatic N) is 1. The van der Waals surface area contributed by atoms with Crippen LogP contribution in [0.5, 0.6) is 0 Å². The van der Waals surface area contributed by atoms with E-state index in [1.165, 1.54) is 7.11 Å². The first kappa shape index (κ1) is 21.2. The number of sulfone groups is 1. The monoisotopic (exact) mass is 397 g/mol. The number of amides is 1. The minimum atomic E-state index is -3.73. The molecule has 1 fully saturated rings. The van der Waals surface area contributed by atoms with E-state index >= 15 is 0 Å². The van der Waals surface area contributed by atoms with Gasteiger partial charge in [0, 0.05) is 6.54 Å². The fourth-order valence-electron chi connectivity index (χ4n) is 3.20. The molecule has 0 saturated carbocycles. The molecule has 0 spiro atoms. The van der Waals surface area contributed by atoms with Gasteiger partial charge in [-0.25, -0.2) is 18.0 Å². The number of hydrogen-bond acceptors (Lipinski definition) is 6. The molecule has 8 heteroatoms. The van der Waals surface area contributed by atoms with Crippen LogP contribution < -0.4 is 0 Å². The second kappa shape index (κ2) is 7.50. The molecule has 0 N–H and O–H groups in total. The molecule has 27 heavy (non-hydrogen) atoms. The van der Waals surface area contributed by atoms with Crippen molar-refractivity contribution in [1.29, 1.82) is 0 Å². The van der Waals surface area contributed by atoms with Crippen LogP contribution in [0.4, 0.5) is 4.79 Å². The Kier molecular flexibility index (Phi) is 5.89. The van der Waals surface area contributed by atoms with Crippen LogP contribution in [-0.4, -0.2) is 55.9 Å². The Morgan fingerprint density at radius 3 is 2.33 bits per heavy atom. The molecule has 1 amide bonds. The zero-order chi connectivity index (χ0) is 20.6. The number of carbonyl (C=O) groups excluding carboxylic acids is 2. The summed E-state index contributed by atoms with van der Waals surface area (Å²) in [7, 11) is -2.52. The molecule has 2 atom stereocenters. The van der Waals surface area contributed by atoms with Crippen molar-refractivity contribution in [2.24, 2.45) is 0 Å². The standard InChI is InChI=1S/C19H27NO6S/c1-12-7-8-16(13(2)9-12)27(23,24)14-10-15(17(21)25-6)20(11-14)18(22)26-19(3,4)5/h7-9,14-15H,10-11H2,1-6H3/t14-,15+/m1/s1. The van der Waals surface area contributed by atoms with E-state index < -0.39 is 38.8 Å². The summed E-state index contributed by atoms with van der Waals surface area (Å²) in [5, 5.41) is -0.907. The normalized spacial score (nSPS) is 20.4. The first-order valence-corrected chi connectivity index (χ1v) is 10.3. The average Bonchev–Trinajstić information content (AvgIpc) is 2.98. The molecular formula is C19H27NO6S. The van der Waals surface area contributed by atoms with E-state index in [1.807, 2.05) is 6.92 Å². The van der Waals surface area contributed by atoms with Gasteiger partial charge in [-0.15, -0.1) is 0 Å². The van der Waals surface area contributed by atoms with Crippen molar-refractivity contribution in [3.8, 4) is 0 Å². The Balaban J connectivity index is 2.36. The predicted molar refractivity (Wildman–Crippen MR) is 100 cm³/mol. The molecule has 2 rings (SSSR count). The van der Waals surface area contributed by atoms with E-state index in [4.69, 9.17) is 9.47 Å². The maximum absolute atomic E-state index is 13.1. The third-order valence-corrected chi connectivity index (χ3v) is 6.73. The highest BCUT2D eigenvalue weighted by Gasteiger charge is 2.47. The Morgan fingerprint density at radius 2 is 1.81 bits per heavy atom. The smallest absolute Gasteiger partial charge is 0.411 e. The van der Waals surface area contributed by atoms with Gasteiger partial charge in [-0.2, -0.15) is 0 Å². The van der Waals surface area contributed by atoms with Crippen LogP contribution in [0.25, 0.3) is 0 Å². The Hall–Kier alpha value is -2.09. The minimum absolute atomic E-state index is 0.0262. The van der Waals surface area contributed by atoms with Crippen molar-refractivity contribution < 1.29 is 27.5 Å². The fourth-order valence-corrected chi connectivity index (χ4v) is 5.12. The number of likely N-dealkylation sites (tertiary alicyclic amines) is 1. The highest BCUT2D eigenvalue weighted by atomic mass is 32.2. The molecule has 0 unspecified atom stereocenters. The third-order valence-electron chi connectivity index (χ3n) is 4.44. The maximum Gasteiger partial charge on any atom is 0.411 e.